The Balaban J connectivity index is 2.78. The second-order valence-electron chi connectivity index (χ2n) is 4.43. The first kappa shape index (κ1) is 18.1. The van der Waals surface area contributed by atoms with Crippen LogP contribution in [0.1, 0.15) is 25.1 Å². The molecule has 0 saturated carbocycles. The minimum absolute atomic E-state index is 0.163. The van der Waals surface area contributed by atoms with Crippen molar-refractivity contribution < 1.29 is 13.2 Å². The molecular formula is C12H21BrN2O3S2. The second-order valence-corrected chi connectivity index (χ2v) is 8.57. The molecular weight excluding hydrogens is 364 g/mol. The van der Waals surface area contributed by atoms with Crippen LogP contribution < -0.4 is 10.0 Å². The molecule has 0 radical (unpaired) electrons. The van der Waals surface area contributed by atoms with Gasteiger partial charge in [0, 0.05) is 31.2 Å². The van der Waals surface area contributed by atoms with Crippen molar-refractivity contribution >= 4 is 37.3 Å². The highest BCUT2D eigenvalue weighted by Crippen LogP contribution is 2.31. The molecule has 0 aliphatic rings. The van der Waals surface area contributed by atoms with Gasteiger partial charge in [0.25, 0.3) is 0 Å². The van der Waals surface area contributed by atoms with E-state index in [0.717, 1.165) is 11.4 Å². The van der Waals surface area contributed by atoms with Crippen molar-refractivity contribution in [2.24, 2.45) is 0 Å². The van der Waals surface area contributed by atoms with Gasteiger partial charge in [-0.05, 0) is 41.9 Å². The van der Waals surface area contributed by atoms with Crippen LogP contribution in [0.15, 0.2) is 14.7 Å². The van der Waals surface area contributed by atoms with Gasteiger partial charge in [-0.2, -0.15) is 0 Å². The Morgan fingerprint density at radius 1 is 1.50 bits per heavy atom. The van der Waals surface area contributed by atoms with E-state index in [-0.39, 0.29) is 6.04 Å². The van der Waals surface area contributed by atoms with Crippen LogP contribution in [0.25, 0.3) is 0 Å². The van der Waals surface area contributed by atoms with Crippen molar-refractivity contribution in [3.8, 4) is 0 Å². The molecule has 1 heterocycles. The zero-order valence-corrected chi connectivity index (χ0v) is 15.1. The summed E-state index contributed by atoms with van der Waals surface area (Å²) in [7, 11) is -1.89. The molecule has 1 aromatic rings. The van der Waals surface area contributed by atoms with E-state index in [4.69, 9.17) is 4.74 Å². The maximum absolute atomic E-state index is 12.3. The Morgan fingerprint density at radius 3 is 2.80 bits per heavy atom. The van der Waals surface area contributed by atoms with Crippen LogP contribution in [0.5, 0.6) is 0 Å². The van der Waals surface area contributed by atoms with Crippen LogP contribution in [0.2, 0.25) is 0 Å². The van der Waals surface area contributed by atoms with Gasteiger partial charge in [0.15, 0.2) is 0 Å². The normalized spacial score (nSPS) is 13.6. The molecule has 0 fully saturated rings. The lowest BCUT2D eigenvalue weighted by Crippen LogP contribution is -2.33. The first-order valence-electron chi connectivity index (χ1n) is 6.41. The first-order valence-corrected chi connectivity index (χ1v) is 9.50. The Morgan fingerprint density at radius 2 is 2.20 bits per heavy atom. The van der Waals surface area contributed by atoms with Crippen molar-refractivity contribution in [2.45, 2.75) is 37.8 Å². The van der Waals surface area contributed by atoms with Gasteiger partial charge in [-0.25, -0.2) is 13.1 Å². The highest BCUT2D eigenvalue weighted by Gasteiger charge is 2.22. The number of ether oxygens (including phenoxy) is 1. The van der Waals surface area contributed by atoms with E-state index in [1.54, 1.807) is 13.2 Å². The van der Waals surface area contributed by atoms with E-state index < -0.39 is 10.0 Å². The lowest BCUT2D eigenvalue weighted by molar-refractivity contribution is 0.188. The number of hydrogen-bond acceptors (Lipinski definition) is 5. The maximum atomic E-state index is 12.3. The lowest BCUT2D eigenvalue weighted by Gasteiger charge is -2.13. The fourth-order valence-electron chi connectivity index (χ4n) is 1.60. The summed E-state index contributed by atoms with van der Waals surface area (Å²) < 4.78 is 32.9. The smallest absolute Gasteiger partial charge is 0.242 e. The molecule has 0 bridgehead atoms. The standard InChI is InChI=1S/C12H21BrN2O3S2/c1-4-14-8-10-7-11(12(13)19-10)20(16,17)15-9(2)5-6-18-3/h7,9,14-15H,4-6,8H2,1-3H3. The highest BCUT2D eigenvalue weighted by molar-refractivity contribution is 9.11. The third kappa shape index (κ3) is 5.42. The van der Waals surface area contributed by atoms with Gasteiger partial charge in [-0.15, -0.1) is 11.3 Å². The summed E-state index contributed by atoms with van der Waals surface area (Å²) >= 11 is 4.77. The molecule has 5 nitrogen and oxygen atoms in total. The van der Waals surface area contributed by atoms with Crippen molar-refractivity contribution in [3.05, 3.63) is 14.7 Å². The molecule has 1 atom stereocenters. The van der Waals surface area contributed by atoms with Crippen LogP contribution in [-0.4, -0.2) is 34.7 Å². The minimum Gasteiger partial charge on any atom is -0.385 e. The number of thiophene rings is 1. The number of halogens is 1. The van der Waals surface area contributed by atoms with Gasteiger partial charge in [0.05, 0.1) is 3.79 Å². The van der Waals surface area contributed by atoms with Gasteiger partial charge < -0.3 is 10.1 Å². The van der Waals surface area contributed by atoms with Crippen molar-refractivity contribution in [3.63, 3.8) is 0 Å². The molecule has 20 heavy (non-hydrogen) atoms. The fraction of sp³-hybridized carbons (Fsp3) is 0.667. The van der Waals surface area contributed by atoms with Crippen LogP contribution in [0.4, 0.5) is 0 Å². The number of nitrogens with one attached hydrogen (secondary N) is 2. The summed E-state index contributed by atoms with van der Waals surface area (Å²) in [6, 6.07) is 1.55. The fourth-order valence-corrected chi connectivity index (χ4v) is 5.53. The third-order valence-corrected chi connectivity index (χ3v) is 6.50. The number of hydrogen-bond donors (Lipinski definition) is 2. The third-order valence-electron chi connectivity index (χ3n) is 2.66. The van der Waals surface area contributed by atoms with E-state index in [2.05, 4.69) is 26.0 Å². The molecule has 0 aromatic carbocycles. The Bertz CT molecular complexity index is 517. The molecule has 0 aliphatic carbocycles. The van der Waals surface area contributed by atoms with Crippen LogP contribution in [0, 0.1) is 0 Å². The average Bonchev–Trinajstić information content (AvgIpc) is 2.75. The summed E-state index contributed by atoms with van der Waals surface area (Å²) in [4.78, 5) is 1.29. The predicted molar refractivity (Wildman–Crippen MR) is 85.7 cm³/mol. The minimum atomic E-state index is -3.49. The molecule has 1 unspecified atom stereocenters. The van der Waals surface area contributed by atoms with Crippen LogP contribution >= 0.6 is 27.3 Å². The summed E-state index contributed by atoms with van der Waals surface area (Å²) in [6.07, 6.45) is 0.641. The highest BCUT2D eigenvalue weighted by atomic mass is 79.9. The number of rotatable bonds is 9. The van der Waals surface area contributed by atoms with E-state index in [1.807, 2.05) is 13.8 Å². The first-order chi connectivity index (χ1) is 9.40. The Hall–Kier alpha value is 0.01000. The molecule has 0 aliphatic heterocycles. The summed E-state index contributed by atoms with van der Waals surface area (Å²) in [5.41, 5.74) is 0. The van der Waals surface area contributed by atoms with E-state index in [0.29, 0.717) is 28.3 Å². The largest absolute Gasteiger partial charge is 0.385 e. The topological polar surface area (TPSA) is 67.4 Å². The zero-order chi connectivity index (χ0) is 15.2. The van der Waals surface area contributed by atoms with Gasteiger partial charge in [-0.3, -0.25) is 0 Å². The molecule has 1 aromatic heterocycles. The molecule has 0 saturated heterocycles. The van der Waals surface area contributed by atoms with Crippen LogP contribution in [-0.2, 0) is 21.3 Å². The molecule has 8 heteroatoms. The predicted octanol–water partition coefficient (Wildman–Crippen LogP) is 2.32. The van der Waals surface area contributed by atoms with Gasteiger partial charge in [0.2, 0.25) is 10.0 Å². The molecule has 0 amide bonds. The molecule has 2 N–H and O–H groups in total. The van der Waals surface area contributed by atoms with E-state index in [9.17, 15) is 8.42 Å². The van der Waals surface area contributed by atoms with E-state index >= 15 is 0 Å². The zero-order valence-electron chi connectivity index (χ0n) is 11.9. The quantitative estimate of drug-likeness (QED) is 0.685. The average molecular weight is 385 g/mol. The van der Waals surface area contributed by atoms with Gasteiger partial charge in [0.1, 0.15) is 4.90 Å². The molecule has 116 valence electrons. The van der Waals surface area contributed by atoms with Gasteiger partial charge >= 0.3 is 0 Å². The SMILES string of the molecule is CCNCc1cc(S(=O)(=O)NC(C)CCOC)c(Br)s1. The lowest BCUT2D eigenvalue weighted by atomic mass is 10.3. The summed E-state index contributed by atoms with van der Waals surface area (Å²) in [5, 5.41) is 3.18. The van der Waals surface area contributed by atoms with Crippen molar-refractivity contribution in [1.29, 1.82) is 0 Å². The van der Waals surface area contributed by atoms with Crippen molar-refractivity contribution in [1.82, 2.24) is 10.0 Å². The Labute approximate surface area is 133 Å². The molecule has 0 spiro atoms. The summed E-state index contributed by atoms with van der Waals surface area (Å²) in [5.74, 6) is 0. The number of sulfonamides is 1. The van der Waals surface area contributed by atoms with Gasteiger partial charge in [-0.1, -0.05) is 6.92 Å². The maximum Gasteiger partial charge on any atom is 0.242 e. The van der Waals surface area contributed by atoms with Crippen molar-refractivity contribution in [2.75, 3.05) is 20.3 Å². The van der Waals surface area contributed by atoms with Crippen LogP contribution in [0.3, 0.4) is 0 Å². The summed E-state index contributed by atoms with van der Waals surface area (Å²) in [6.45, 7) is 5.90. The second kappa shape index (κ2) is 8.45. The van der Waals surface area contributed by atoms with E-state index in [1.165, 1.54) is 11.3 Å². The Kier molecular flexibility index (Phi) is 7.63. The molecule has 1 rings (SSSR count). The number of methoxy groups -OCH3 is 1. The monoisotopic (exact) mass is 384 g/mol.